The highest BCUT2D eigenvalue weighted by Gasteiger charge is 2.14. The number of aryl methyl sites for hydroxylation is 1. The Balaban J connectivity index is 0.000000531. The minimum Gasteiger partial charge on any atom is -0.326 e. The normalized spacial score (nSPS) is 15.2. The topological polar surface area (TPSA) is 36.1 Å². The molecule has 0 saturated carbocycles. The van der Waals surface area contributed by atoms with Gasteiger partial charge in [-0.05, 0) is 25.6 Å². The third-order valence-corrected chi connectivity index (χ3v) is 2.58. The molecule has 0 amide bonds. The molecular weight excluding hydrogens is 188 g/mol. The Bertz CT molecular complexity index is 382. The summed E-state index contributed by atoms with van der Waals surface area (Å²) in [6.45, 7) is 7.84. The van der Waals surface area contributed by atoms with Gasteiger partial charge >= 0.3 is 0 Å². The van der Waals surface area contributed by atoms with E-state index in [1.54, 1.807) is 0 Å². The lowest BCUT2D eigenvalue weighted by atomic mass is 10.0. The molecule has 1 N–H and O–H groups in total. The number of hydrogen-bond acceptors (Lipinski definition) is 2. The monoisotopic (exact) mass is 208 g/mol. The Morgan fingerprint density at radius 1 is 1.40 bits per heavy atom. The zero-order valence-electron chi connectivity index (χ0n) is 10.1. The minimum atomic E-state index is 0.0586. The van der Waals surface area contributed by atoms with Crippen LogP contribution in [0.1, 0.15) is 30.7 Å². The third-order valence-electron chi connectivity index (χ3n) is 2.58. The van der Waals surface area contributed by atoms with E-state index in [4.69, 9.17) is 0 Å². The summed E-state index contributed by atoms with van der Waals surface area (Å²) in [4.78, 5) is 16.5. The van der Waals surface area contributed by atoms with Crippen molar-refractivity contribution in [3.63, 3.8) is 0 Å². The first kappa shape index (κ1) is 12.0. The fraction of sp³-hybridized carbons (Fsp3) is 0.583. The van der Waals surface area contributed by atoms with Crippen LogP contribution in [0.3, 0.4) is 0 Å². The number of fused-ring (bicyclic) bond motifs is 1. The Labute approximate surface area is 91.1 Å². The summed E-state index contributed by atoms with van der Waals surface area (Å²) in [6, 6.07) is 2.00. The maximum Gasteiger partial charge on any atom is 0.251 e. The smallest absolute Gasteiger partial charge is 0.251 e. The van der Waals surface area contributed by atoms with Crippen LogP contribution in [0.25, 0.3) is 0 Å². The quantitative estimate of drug-likeness (QED) is 0.704. The predicted octanol–water partition coefficient (Wildman–Crippen LogP) is 1.70. The average Bonchev–Trinajstić information content (AvgIpc) is 2.23. The van der Waals surface area contributed by atoms with E-state index < -0.39 is 0 Å². The molecule has 0 spiro atoms. The van der Waals surface area contributed by atoms with Crippen LogP contribution < -0.4 is 5.56 Å². The molecule has 0 radical (unpaired) electrons. The van der Waals surface area contributed by atoms with E-state index in [9.17, 15) is 4.79 Å². The van der Waals surface area contributed by atoms with E-state index in [0.717, 1.165) is 30.8 Å². The van der Waals surface area contributed by atoms with Crippen LogP contribution in [0.2, 0.25) is 0 Å². The van der Waals surface area contributed by atoms with Gasteiger partial charge in [-0.1, -0.05) is 13.8 Å². The molecule has 0 aliphatic carbocycles. The van der Waals surface area contributed by atoms with Gasteiger partial charge in [0.15, 0.2) is 0 Å². The van der Waals surface area contributed by atoms with Crippen LogP contribution >= 0.6 is 0 Å². The molecule has 3 nitrogen and oxygen atoms in total. The van der Waals surface area contributed by atoms with Gasteiger partial charge < -0.3 is 9.88 Å². The van der Waals surface area contributed by atoms with Crippen molar-refractivity contribution in [2.45, 2.75) is 33.7 Å². The molecule has 1 aliphatic rings. The van der Waals surface area contributed by atoms with Crippen molar-refractivity contribution in [2.75, 3.05) is 13.6 Å². The maximum absolute atomic E-state index is 11.3. The lowest BCUT2D eigenvalue weighted by molar-refractivity contribution is 0.309. The molecule has 15 heavy (non-hydrogen) atoms. The van der Waals surface area contributed by atoms with Gasteiger partial charge in [0.25, 0.3) is 5.56 Å². The largest absolute Gasteiger partial charge is 0.326 e. The molecule has 2 rings (SSSR count). The summed E-state index contributed by atoms with van der Waals surface area (Å²) in [5.41, 5.74) is 3.26. The van der Waals surface area contributed by atoms with Gasteiger partial charge in [-0.15, -0.1) is 0 Å². The first-order valence-electron chi connectivity index (χ1n) is 5.57. The minimum absolute atomic E-state index is 0.0586. The molecule has 0 saturated heterocycles. The van der Waals surface area contributed by atoms with Crippen molar-refractivity contribution >= 4 is 0 Å². The van der Waals surface area contributed by atoms with Crippen molar-refractivity contribution in [1.29, 1.82) is 0 Å². The van der Waals surface area contributed by atoms with E-state index in [-0.39, 0.29) is 5.56 Å². The Kier molecular flexibility index (Phi) is 4.09. The maximum atomic E-state index is 11.3. The van der Waals surface area contributed by atoms with E-state index in [2.05, 4.69) is 16.9 Å². The molecule has 1 aromatic heterocycles. The number of rotatable bonds is 0. The molecule has 0 atom stereocenters. The van der Waals surface area contributed by atoms with Gasteiger partial charge in [-0.3, -0.25) is 4.79 Å². The van der Waals surface area contributed by atoms with Crippen molar-refractivity contribution in [3.05, 3.63) is 33.2 Å². The molecule has 0 fully saturated rings. The molecular formula is C12H20N2O. The van der Waals surface area contributed by atoms with Crippen LogP contribution in [-0.4, -0.2) is 23.5 Å². The van der Waals surface area contributed by atoms with Gasteiger partial charge in [0.2, 0.25) is 0 Å². The fourth-order valence-electron chi connectivity index (χ4n) is 1.77. The second-order valence-corrected chi connectivity index (χ2v) is 3.77. The summed E-state index contributed by atoms with van der Waals surface area (Å²) >= 11 is 0. The highest BCUT2D eigenvalue weighted by atomic mass is 16.1. The number of aromatic amines is 1. The first-order valence-corrected chi connectivity index (χ1v) is 5.57. The number of likely N-dealkylation sites (N-methyl/N-ethyl adjacent to an activating group) is 1. The SMILES string of the molecule is CC.Cc1cc2c([nH]c1=O)CCN(C)C2. The van der Waals surface area contributed by atoms with Gasteiger partial charge in [-0.2, -0.15) is 0 Å². The molecule has 2 heterocycles. The number of hydrogen-bond donors (Lipinski definition) is 1. The van der Waals surface area contributed by atoms with Gasteiger partial charge in [0.1, 0.15) is 0 Å². The van der Waals surface area contributed by atoms with Crippen molar-refractivity contribution in [2.24, 2.45) is 0 Å². The zero-order valence-corrected chi connectivity index (χ0v) is 10.1. The lowest BCUT2D eigenvalue weighted by Gasteiger charge is -2.24. The molecule has 0 aromatic carbocycles. The van der Waals surface area contributed by atoms with Gasteiger partial charge in [-0.25, -0.2) is 0 Å². The average molecular weight is 208 g/mol. The van der Waals surface area contributed by atoms with Crippen LogP contribution in [0.5, 0.6) is 0 Å². The van der Waals surface area contributed by atoms with Crippen molar-refractivity contribution < 1.29 is 0 Å². The zero-order chi connectivity index (χ0) is 11.4. The second kappa shape index (κ2) is 5.12. The molecule has 1 aliphatic heterocycles. The third kappa shape index (κ3) is 2.69. The summed E-state index contributed by atoms with van der Waals surface area (Å²) in [6.07, 6.45) is 0.960. The molecule has 0 bridgehead atoms. The molecule has 0 unspecified atom stereocenters. The summed E-state index contributed by atoms with van der Waals surface area (Å²) in [5, 5.41) is 0. The summed E-state index contributed by atoms with van der Waals surface area (Å²) in [7, 11) is 2.10. The van der Waals surface area contributed by atoms with Gasteiger partial charge in [0, 0.05) is 30.8 Å². The van der Waals surface area contributed by atoms with Crippen molar-refractivity contribution in [1.82, 2.24) is 9.88 Å². The lowest BCUT2D eigenvalue weighted by Crippen LogP contribution is -2.29. The molecule has 84 valence electrons. The number of aromatic nitrogens is 1. The van der Waals surface area contributed by atoms with Crippen LogP contribution in [-0.2, 0) is 13.0 Å². The number of nitrogens with one attached hydrogen (secondary N) is 1. The molecule has 1 aromatic rings. The van der Waals surface area contributed by atoms with E-state index in [1.165, 1.54) is 5.56 Å². The Morgan fingerprint density at radius 2 is 2.07 bits per heavy atom. The number of nitrogens with zero attached hydrogens (tertiary/aromatic N) is 1. The van der Waals surface area contributed by atoms with Crippen molar-refractivity contribution in [3.8, 4) is 0 Å². The Morgan fingerprint density at radius 3 is 2.73 bits per heavy atom. The fourth-order valence-corrected chi connectivity index (χ4v) is 1.77. The van der Waals surface area contributed by atoms with E-state index in [0.29, 0.717) is 0 Å². The van der Waals surface area contributed by atoms with Crippen LogP contribution in [0.4, 0.5) is 0 Å². The number of H-pyrrole nitrogens is 1. The van der Waals surface area contributed by atoms with Crippen LogP contribution in [0, 0.1) is 6.92 Å². The standard InChI is InChI=1S/C10H14N2O.C2H6/c1-7-5-8-6-12(2)4-3-9(8)11-10(7)13;1-2/h5H,3-4,6H2,1-2H3,(H,11,13);1-2H3. The second-order valence-electron chi connectivity index (χ2n) is 3.77. The Hall–Kier alpha value is -1.09. The van der Waals surface area contributed by atoms with Gasteiger partial charge in [0.05, 0.1) is 0 Å². The summed E-state index contributed by atoms with van der Waals surface area (Å²) < 4.78 is 0. The van der Waals surface area contributed by atoms with E-state index in [1.807, 2.05) is 26.8 Å². The highest BCUT2D eigenvalue weighted by molar-refractivity contribution is 5.26. The predicted molar refractivity (Wildman–Crippen MR) is 63.2 cm³/mol. The first-order chi connectivity index (χ1) is 7.16. The van der Waals surface area contributed by atoms with E-state index >= 15 is 0 Å². The number of pyridine rings is 1. The molecule has 3 heteroatoms. The summed E-state index contributed by atoms with van der Waals surface area (Å²) in [5.74, 6) is 0. The van der Waals surface area contributed by atoms with Crippen LogP contribution in [0.15, 0.2) is 10.9 Å². The highest BCUT2D eigenvalue weighted by Crippen LogP contribution is 2.14.